The minimum Gasteiger partial charge on any atom is -0.310 e. The predicted molar refractivity (Wildman–Crippen MR) is 86.0 cm³/mol. The van der Waals surface area contributed by atoms with Gasteiger partial charge in [-0.15, -0.1) is 11.3 Å². The fourth-order valence-electron chi connectivity index (χ4n) is 2.93. The lowest BCUT2D eigenvalue weighted by atomic mass is 10.1. The summed E-state index contributed by atoms with van der Waals surface area (Å²) in [6.45, 7) is 4.48. The molecule has 3 rings (SSSR count). The van der Waals surface area contributed by atoms with Crippen LogP contribution in [-0.4, -0.2) is 24.5 Å². The molecule has 0 saturated carbocycles. The molecule has 106 valence electrons. The maximum atomic E-state index is 3.63. The highest BCUT2D eigenvalue weighted by Crippen LogP contribution is 2.24. The first kappa shape index (κ1) is 13.8. The summed E-state index contributed by atoms with van der Waals surface area (Å²) in [5, 5.41) is 5.78. The molecule has 0 radical (unpaired) electrons. The molecule has 20 heavy (non-hydrogen) atoms. The van der Waals surface area contributed by atoms with E-state index in [1.54, 1.807) is 0 Å². The summed E-state index contributed by atoms with van der Waals surface area (Å²) < 4.78 is 0. The molecule has 1 saturated heterocycles. The number of rotatable bonds is 6. The number of nitrogens with one attached hydrogen (secondary N) is 1. The maximum absolute atomic E-state index is 3.63. The largest absolute Gasteiger partial charge is 0.310 e. The maximum Gasteiger partial charge on any atom is 0.0472 e. The van der Waals surface area contributed by atoms with E-state index in [0.29, 0.717) is 6.04 Å². The zero-order chi connectivity index (χ0) is 13.6. The van der Waals surface area contributed by atoms with Crippen LogP contribution < -0.4 is 5.32 Å². The van der Waals surface area contributed by atoms with Crippen LogP contribution in [0.1, 0.15) is 29.3 Å². The van der Waals surface area contributed by atoms with E-state index in [-0.39, 0.29) is 0 Å². The van der Waals surface area contributed by atoms with Crippen molar-refractivity contribution >= 4 is 11.3 Å². The Morgan fingerprint density at radius 2 is 1.85 bits per heavy atom. The van der Waals surface area contributed by atoms with Gasteiger partial charge in [-0.25, -0.2) is 0 Å². The summed E-state index contributed by atoms with van der Waals surface area (Å²) in [6.07, 6.45) is 2.68. The molecule has 2 aromatic rings. The summed E-state index contributed by atoms with van der Waals surface area (Å²) in [7, 11) is 0. The molecule has 2 heterocycles. The van der Waals surface area contributed by atoms with Gasteiger partial charge < -0.3 is 5.32 Å². The Kier molecular flexibility index (Phi) is 4.85. The number of thiophene rings is 1. The van der Waals surface area contributed by atoms with E-state index in [9.17, 15) is 0 Å². The first-order valence-corrected chi connectivity index (χ1v) is 8.33. The molecule has 0 spiro atoms. The molecule has 3 heteroatoms. The normalized spacial score (nSPS) is 17.4. The van der Waals surface area contributed by atoms with Crippen LogP contribution in [0.3, 0.4) is 0 Å². The first-order chi connectivity index (χ1) is 9.93. The first-order valence-electron chi connectivity index (χ1n) is 7.45. The molecule has 0 aliphatic carbocycles. The van der Waals surface area contributed by atoms with Gasteiger partial charge >= 0.3 is 0 Å². The molecule has 1 N–H and O–H groups in total. The molecule has 1 aliphatic rings. The lowest BCUT2D eigenvalue weighted by Crippen LogP contribution is -2.33. The SMILES string of the molecule is c1ccc(C(CNCc2cccs2)N2CCCC2)cc1. The van der Waals surface area contributed by atoms with Crippen molar-refractivity contribution in [2.24, 2.45) is 0 Å². The van der Waals surface area contributed by atoms with Crippen LogP contribution in [0.4, 0.5) is 0 Å². The second kappa shape index (κ2) is 7.02. The average Bonchev–Trinajstić information content (AvgIpc) is 3.18. The fraction of sp³-hybridized carbons (Fsp3) is 0.412. The van der Waals surface area contributed by atoms with Gasteiger partial charge in [0.25, 0.3) is 0 Å². The Morgan fingerprint density at radius 3 is 2.55 bits per heavy atom. The van der Waals surface area contributed by atoms with Crippen LogP contribution in [-0.2, 0) is 6.54 Å². The zero-order valence-corrected chi connectivity index (χ0v) is 12.6. The van der Waals surface area contributed by atoms with Crippen LogP contribution in [0, 0.1) is 0 Å². The minimum atomic E-state index is 0.513. The van der Waals surface area contributed by atoms with Gasteiger partial charge in [-0.2, -0.15) is 0 Å². The van der Waals surface area contributed by atoms with Gasteiger partial charge in [0.1, 0.15) is 0 Å². The Bertz CT molecular complexity index is 489. The zero-order valence-electron chi connectivity index (χ0n) is 11.8. The number of hydrogen-bond donors (Lipinski definition) is 1. The lowest BCUT2D eigenvalue weighted by molar-refractivity contribution is 0.238. The third-order valence-electron chi connectivity index (χ3n) is 3.98. The standard InChI is InChI=1S/C17H22N2S/c1-2-7-15(8-3-1)17(19-10-4-5-11-19)14-18-13-16-9-6-12-20-16/h1-3,6-9,12,17-18H,4-5,10-11,13-14H2. The van der Waals surface area contributed by atoms with Gasteiger partial charge in [0, 0.05) is 24.0 Å². The van der Waals surface area contributed by atoms with E-state index < -0.39 is 0 Å². The number of likely N-dealkylation sites (tertiary alicyclic amines) is 1. The summed E-state index contributed by atoms with van der Waals surface area (Å²) in [5.74, 6) is 0. The van der Waals surface area contributed by atoms with Crippen LogP contribution in [0.2, 0.25) is 0 Å². The quantitative estimate of drug-likeness (QED) is 0.871. The van der Waals surface area contributed by atoms with Gasteiger partial charge in [0.15, 0.2) is 0 Å². The highest BCUT2D eigenvalue weighted by atomic mass is 32.1. The van der Waals surface area contributed by atoms with Crippen molar-refractivity contribution in [1.82, 2.24) is 10.2 Å². The summed E-state index contributed by atoms with van der Waals surface area (Å²) in [5.41, 5.74) is 1.44. The van der Waals surface area contributed by atoms with Crippen LogP contribution in [0.15, 0.2) is 47.8 Å². The molecule has 1 fully saturated rings. The molecule has 0 amide bonds. The fourth-order valence-corrected chi connectivity index (χ4v) is 3.61. The summed E-state index contributed by atoms with van der Waals surface area (Å²) >= 11 is 1.83. The Labute approximate surface area is 125 Å². The second-order valence-electron chi connectivity index (χ2n) is 5.38. The smallest absolute Gasteiger partial charge is 0.0472 e. The van der Waals surface area contributed by atoms with E-state index in [1.807, 2.05) is 11.3 Å². The molecule has 1 atom stereocenters. The Morgan fingerprint density at radius 1 is 1.05 bits per heavy atom. The molecule has 1 unspecified atom stereocenters. The molecular weight excluding hydrogens is 264 g/mol. The van der Waals surface area contributed by atoms with Gasteiger partial charge in [0.2, 0.25) is 0 Å². The van der Waals surface area contributed by atoms with Crippen LogP contribution >= 0.6 is 11.3 Å². The van der Waals surface area contributed by atoms with Crippen molar-refractivity contribution < 1.29 is 0 Å². The number of benzene rings is 1. The molecule has 0 bridgehead atoms. The van der Waals surface area contributed by atoms with Crippen LogP contribution in [0.25, 0.3) is 0 Å². The third-order valence-corrected chi connectivity index (χ3v) is 4.86. The van der Waals surface area contributed by atoms with Crippen molar-refractivity contribution in [3.8, 4) is 0 Å². The van der Waals surface area contributed by atoms with Crippen LogP contribution in [0.5, 0.6) is 0 Å². The molecule has 1 aromatic heterocycles. The second-order valence-corrected chi connectivity index (χ2v) is 6.41. The van der Waals surface area contributed by atoms with Crippen molar-refractivity contribution in [3.05, 3.63) is 58.3 Å². The van der Waals surface area contributed by atoms with E-state index in [4.69, 9.17) is 0 Å². The van der Waals surface area contributed by atoms with E-state index in [0.717, 1.165) is 13.1 Å². The topological polar surface area (TPSA) is 15.3 Å². The number of nitrogens with zero attached hydrogens (tertiary/aromatic N) is 1. The van der Waals surface area contributed by atoms with Crippen molar-refractivity contribution in [2.45, 2.75) is 25.4 Å². The van der Waals surface area contributed by atoms with Crippen molar-refractivity contribution in [3.63, 3.8) is 0 Å². The average molecular weight is 286 g/mol. The molecule has 1 aromatic carbocycles. The van der Waals surface area contributed by atoms with Crippen molar-refractivity contribution in [1.29, 1.82) is 0 Å². The minimum absolute atomic E-state index is 0.513. The van der Waals surface area contributed by atoms with E-state index in [1.165, 1.54) is 36.4 Å². The van der Waals surface area contributed by atoms with E-state index in [2.05, 4.69) is 58.1 Å². The lowest BCUT2D eigenvalue weighted by Gasteiger charge is -2.28. The highest BCUT2D eigenvalue weighted by molar-refractivity contribution is 7.09. The van der Waals surface area contributed by atoms with Gasteiger partial charge in [-0.3, -0.25) is 4.90 Å². The number of hydrogen-bond acceptors (Lipinski definition) is 3. The Hall–Kier alpha value is -1.16. The summed E-state index contributed by atoms with van der Waals surface area (Å²) in [4.78, 5) is 4.04. The predicted octanol–water partition coefficient (Wildman–Crippen LogP) is 3.67. The van der Waals surface area contributed by atoms with Crippen molar-refractivity contribution in [2.75, 3.05) is 19.6 Å². The molecular formula is C17H22N2S. The Balaban J connectivity index is 1.63. The van der Waals surface area contributed by atoms with Gasteiger partial charge in [-0.05, 0) is 42.9 Å². The molecule has 1 aliphatic heterocycles. The van der Waals surface area contributed by atoms with Gasteiger partial charge in [-0.1, -0.05) is 36.4 Å². The monoisotopic (exact) mass is 286 g/mol. The summed E-state index contributed by atoms with van der Waals surface area (Å²) in [6, 6.07) is 15.8. The van der Waals surface area contributed by atoms with E-state index >= 15 is 0 Å². The molecule has 2 nitrogen and oxygen atoms in total. The third kappa shape index (κ3) is 3.48. The van der Waals surface area contributed by atoms with Gasteiger partial charge in [0.05, 0.1) is 0 Å². The highest BCUT2D eigenvalue weighted by Gasteiger charge is 2.22.